The summed E-state index contributed by atoms with van der Waals surface area (Å²) in [7, 11) is 0. The standard InChI is InChI=1S/C14H24N2/c1-9(2)12-13(10(3)4)16-11(15-12)7-8-14(16,5)6/h9-10H,7-8H2,1-6H3. The van der Waals surface area contributed by atoms with E-state index in [0.717, 1.165) is 6.42 Å². The van der Waals surface area contributed by atoms with Gasteiger partial charge in [-0.25, -0.2) is 4.98 Å². The smallest absolute Gasteiger partial charge is 0.109 e. The predicted molar refractivity (Wildman–Crippen MR) is 68.0 cm³/mol. The van der Waals surface area contributed by atoms with Gasteiger partial charge in [0.25, 0.3) is 0 Å². The molecule has 0 radical (unpaired) electrons. The molecule has 0 saturated heterocycles. The summed E-state index contributed by atoms with van der Waals surface area (Å²) in [5.41, 5.74) is 3.04. The first-order chi connectivity index (χ1) is 7.34. The van der Waals surface area contributed by atoms with Crippen molar-refractivity contribution in [3.05, 3.63) is 17.2 Å². The molecular formula is C14H24N2. The summed E-state index contributed by atoms with van der Waals surface area (Å²) < 4.78 is 2.51. The van der Waals surface area contributed by atoms with Gasteiger partial charge >= 0.3 is 0 Å². The van der Waals surface area contributed by atoms with Gasteiger partial charge in [0, 0.05) is 17.7 Å². The summed E-state index contributed by atoms with van der Waals surface area (Å²) in [6, 6.07) is 0. The summed E-state index contributed by atoms with van der Waals surface area (Å²) in [6.45, 7) is 13.7. The van der Waals surface area contributed by atoms with E-state index in [4.69, 9.17) is 4.98 Å². The first-order valence-electron chi connectivity index (χ1n) is 6.46. The zero-order valence-electron chi connectivity index (χ0n) is 11.5. The number of hydrogen-bond acceptors (Lipinski definition) is 1. The molecular weight excluding hydrogens is 196 g/mol. The number of aryl methyl sites for hydroxylation is 1. The highest BCUT2D eigenvalue weighted by Gasteiger charge is 2.35. The van der Waals surface area contributed by atoms with E-state index in [1.807, 2.05) is 0 Å². The molecule has 0 aromatic carbocycles. The number of fused-ring (bicyclic) bond motifs is 1. The van der Waals surface area contributed by atoms with Crippen molar-refractivity contribution in [3.8, 4) is 0 Å². The highest BCUT2D eigenvalue weighted by Crippen LogP contribution is 2.38. The molecule has 2 heterocycles. The number of imidazole rings is 1. The van der Waals surface area contributed by atoms with E-state index < -0.39 is 0 Å². The van der Waals surface area contributed by atoms with Crippen molar-refractivity contribution in [3.63, 3.8) is 0 Å². The highest BCUT2D eigenvalue weighted by molar-refractivity contribution is 5.27. The second kappa shape index (κ2) is 3.61. The van der Waals surface area contributed by atoms with Gasteiger partial charge in [0.15, 0.2) is 0 Å². The Hall–Kier alpha value is -0.790. The quantitative estimate of drug-likeness (QED) is 0.741. The van der Waals surface area contributed by atoms with E-state index in [9.17, 15) is 0 Å². The van der Waals surface area contributed by atoms with E-state index in [2.05, 4.69) is 46.1 Å². The van der Waals surface area contributed by atoms with Crippen LogP contribution >= 0.6 is 0 Å². The maximum absolute atomic E-state index is 4.87. The molecule has 0 fully saturated rings. The Labute approximate surface area is 99.1 Å². The van der Waals surface area contributed by atoms with Crippen molar-refractivity contribution in [1.29, 1.82) is 0 Å². The fourth-order valence-electron chi connectivity index (χ4n) is 2.85. The lowest BCUT2D eigenvalue weighted by molar-refractivity contribution is 0.360. The third kappa shape index (κ3) is 1.59. The monoisotopic (exact) mass is 220 g/mol. The Morgan fingerprint density at radius 1 is 1.12 bits per heavy atom. The molecule has 0 N–H and O–H groups in total. The zero-order valence-corrected chi connectivity index (χ0v) is 11.5. The molecule has 0 atom stereocenters. The van der Waals surface area contributed by atoms with Crippen LogP contribution in [0.1, 0.15) is 77.0 Å². The first-order valence-corrected chi connectivity index (χ1v) is 6.46. The van der Waals surface area contributed by atoms with Gasteiger partial charge in [0.05, 0.1) is 5.69 Å². The molecule has 1 aliphatic heterocycles. The van der Waals surface area contributed by atoms with E-state index in [-0.39, 0.29) is 5.54 Å². The van der Waals surface area contributed by atoms with Crippen molar-refractivity contribution in [2.24, 2.45) is 0 Å². The molecule has 16 heavy (non-hydrogen) atoms. The van der Waals surface area contributed by atoms with Crippen molar-refractivity contribution >= 4 is 0 Å². The second-order valence-electron chi connectivity index (χ2n) is 6.26. The highest BCUT2D eigenvalue weighted by atomic mass is 15.2. The molecule has 1 aliphatic rings. The van der Waals surface area contributed by atoms with Gasteiger partial charge in [-0.15, -0.1) is 0 Å². The lowest BCUT2D eigenvalue weighted by Gasteiger charge is -2.26. The molecule has 1 aromatic rings. The van der Waals surface area contributed by atoms with Gasteiger partial charge < -0.3 is 4.57 Å². The normalized spacial score (nSPS) is 18.5. The molecule has 90 valence electrons. The van der Waals surface area contributed by atoms with Gasteiger partial charge in [-0.1, -0.05) is 27.7 Å². The van der Waals surface area contributed by atoms with Crippen LogP contribution in [0.3, 0.4) is 0 Å². The molecule has 0 saturated carbocycles. The summed E-state index contributed by atoms with van der Waals surface area (Å²) in [6.07, 6.45) is 2.37. The molecule has 2 heteroatoms. The Bertz CT molecular complexity index is 397. The SMILES string of the molecule is CC(C)c1nc2n(c1C(C)C)C(C)(C)CC2. The third-order valence-corrected chi connectivity index (χ3v) is 3.67. The van der Waals surface area contributed by atoms with Gasteiger partial charge in [0.1, 0.15) is 5.82 Å². The van der Waals surface area contributed by atoms with E-state index in [0.29, 0.717) is 11.8 Å². The minimum Gasteiger partial charge on any atom is -0.326 e. The summed E-state index contributed by atoms with van der Waals surface area (Å²) in [5, 5.41) is 0. The Kier molecular flexibility index (Phi) is 2.64. The van der Waals surface area contributed by atoms with Crippen molar-refractivity contribution in [1.82, 2.24) is 9.55 Å². The molecule has 2 nitrogen and oxygen atoms in total. The third-order valence-electron chi connectivity index (χ3n) is 3.67. The summed E-state index contributed by atoms with van der Waals surface area (Å²) in [4.78, 5) is 4.87. The Balaban J connectivity index is 2.63. The maximum Gasteiger partial charge on any atom is 0.109 e. The average Bonchev–Trinajstić information content (AvgIpc) is 2.64. The summed E-state index contributed by atoms with van der Waals surface area (Å²) in [5.74, 6) is 2.40. The minimum atomic E-state index is 0.259. The lowest BCUT2D eigenvalue weighted by Crippen LogP contribution is -2.24. The minimum absolute atomic E-state index is 0.259. The van der Waals surface area contributed by atoms with E-state index in [1.54, 1.807) is 0 Å². The van der Waals surface area contributed by atoms with Crippen LogP contribution in [0.25, 0.3) is 0 Å². The molecule has 0 bridgehead atoms. The van der Waals surface area contributed by atoms with Gasteiger partial charge in [-0.2, -0.15) is 0 Å². The second-order valence-corrected chi connectivity index (χ2v) is 6.26. The largest absolute Gasteiger partial charge is 0.326 e. The van der Waals surface area contributed by atoms with Crippen LogP contribution in [0.2, 0.25) is 0 Å². The van der Waals surface area contributed by atoms with Crippen LogP contribution in [0.5, 0.6) is 0 Å². The Morgan fingerprint density at radius 3 is 2.25 bits per heavy atom. The van der Waals surface area contributed by atoms with Crippen LogP contribution in [-0.2, 0) is 12.0 Å². The molecule has 0 spiro atoms. The van der Waals surface area contributed by atoms with E-state index in [1.165, 1.54) is 23.6 Å². The maximum atomic E-state index is 4.87. The van der Waals surface area contributed by atoms with Gasteiger partial charge in [-0.3, -0.25) is 0 Å². The van der Waals surface area contributed by atoms with Crippen LogP contribution in [-0.4, -0.2) is 9.55 Å². The predicted octanol–water partition coefficient (Wildman–Crippen LogP) is 3.81. The number of rotatable bonds is 2. The van der Waals surface area contributed by atoms with Crippen molar-refractivity contribution in [2.75, 3.05) is 0 Å². The van der Waals surface area contributed by atoms with Crippen LogP contribution in [0, 0.1) is 0 Å². The van der Waals surface area contributed by atoms with Crippen molar-refractivity contribution < 1.29 is 0 Å². The average molecular weight is 220 g/mol. The topological polar surface area (TPSA) is 17.8 Å². The van der Waals surface area contributed by atoms with Gasteiger partial charge in [-0.05, 0) is 32.1 Å². The lowest BCUT2D eigenvalue weighted by atomic mass is 9.97. The molecule has 0 unspecified atom stereocenters. The summed E-state index contributed by atoms with van der Waals surface area (Å²) >= 11 is 0. The van der Waals surface area contributed by atoms with Crippen LogP contribution in [0.4, 0.5) is 0 Å². The molecule has 0 aliphatic carbocycles. The fourth-order valence-corrected chi connectivity index (χ4v) is 2.85. The zero-order chi connectivity index (χ0) is 12.1. The van der Waals surface area contributed by atoms with Gasteiger partial charge in [0.2, 0.25) is 0 Å². The molecule has 0 amide bonds. The van der Waals surface area contributed by atoms with E-state index >= 15 is 0 Å². The Morgan fingerprint density at radius 2 is 1.75 bits per heavy atom. The first kappa shape index (κ1) is 11.7. The molecule has 1 aromatic heterocycles. The number of hydrogen-bond donors (Lipinski definition) is 0. The van der Waals surface area contributed by atoms with Crippen LogP contribution < -0.4 is 0 Å². The fraction of sp³-hybridized carbons (Fsp3) is 0.786. The van der Waals surface area contributed by atoms with Crippen molar-refractivity contribution in [2.45, 2.75) is 71.8 Å². The molecule has 2 rings (SSSR count). The number of aromatic nitrogens is 2. The van der Waals surface area contributed by atoms with Crippen LogP contribution in [0.15, 0.2) is 0 Å². The number of nitrogens with zero attached hydrogens (tertiary/aromatic N) is 2.